The van der Waals surface area contributed by atoms with E-state index in [1.165, 1.54) is 37.7 Å². The molecule has 0 heterocycles. The third-order valence-corrected chi connectivity index (χ3v) is 3.50. The van der Waals surface area contributed by atoms with Crippen LogP contribution in [0, 0.1) is 12.8 Å². The highest BCUT2D eigenvalue weighted by Gasteiger charge is 2.03. The molecule has 0 spiro atoms. The first-order valence-corrected chi connectivity index (χ1v) is 9.49. The minimum absolute atomic E-state index is 0.287. The molecule has 0 bridgehead atoms. The largest absolute Gasteiger partial charge is 0.300 e. The van der Waals surface area contributed by atoms with Gasteiger partial charge in [0.15, 0.2) is 0 Å². The van der Waals surface area contributed by atoms with Crippen molar-refractivity contribution in [2.24, 2.45) is 5.92 Å². The van der Waals surface area contributed by atoms with Crippen molar-refractivity contribution < 1.29 is 4.79 Å². The van der Waals surface area contributed by atoms with E-state index in [9.17, 15) is 4.79 Å². The van der Waals surface area contributed by atoms with Crippen LogP contribution in [-0.4, -0.2) is 5.78 Å². The maximum atomic E-state index is 10.3. The van der Waals surface area contributed by atoms with Gasteiger partial charge in [-0.05, 0) is 55.7 Å². The fourth-order valence-corrected chi connectivity index (χ4v) is 2.55. The monoisotopic (exact) mass is 320 g/mol. The molecular formula is C22H40O. The third kappa shape index (κ3) is 13.1. The number of aryl methyl sites for hydroxylation is 2. The number of carbonyl (C=O) groups is 1. The SMILES string of the molecule is CC.CC(=O)CC(C)C.CCCCc1c(C)cccc1CCC. The van der Waals surface area contributed by atoms with E-state index in [2.05, 4.69) is 39.0 Å². The fourth-order valence-electron chi connectivity index (χ4n) is 2.55. The first-order chi connectivity index (χ1) is 10.9. The summed E-state index contributed by atoms with van der Waals surface area (Å²) in [6, 6.07) is 6.72. The van der Waals surface area contributed by atoms with Crippen LogP contribution in [0.25, 0.3) is 0 Å². The van der Waals surface area contributed by atoms with Gasteiger partial charge in [0.1, 0.15) is 5.78 Å². The third-order valence-electron chi connectivity index (χ3n) is 3.50. The zero-order valence-electron chi connectivity index (χ0n) is 17.0. The second-order valence-electron chi connectivity index (χ2n) is 6.37. The van der Waals surface area contributed by atoms with Crippen LogP contribution in [0.1, 0.15) is 90.8 Å². The second-order valence-corrected chi connectivity index (χ2v) is 6.37. The summed E-state index contributed by atoms with van der Waals surface area (Å²) in [6.07, 6.45) is 7.09. The van der Waals surface area contributed by atoms with Gasteiger partial charge in [0.2, 0.25) is 0 Å². The summed E-state index contributed by atoms with van der Waals surface area (Å²) < 4.78 is 0. The van der Waals surface area contributed by atoms with Crippen LogP contribution in [0.4, 0.5) is 0 Å². The Labute approximate surface area is 145 Å². The Bertz CT molecular complexity index is 404. The van der Waals surface area contributed by atoms with Crippen molar-refractivity contribution in [3.63, 3.8) is 0 Å². The Hall–Kier alpha value is -1.11. The summed E-state index contributed by atoms with van der Waals surface area (Å²) in [4.78, 5) is 10.3. The molecule has 0 N–H and O–H groups in total. The van der Waals surface area contributed by atoms with Gasteiger partial charge in [-0.15, -0.1) is 0 Å². The lowest BCUT2D eigenvalue weighted by Crippen LogP contribution is -1.97. The molecular weight excluding hydrogens is 280 g/mol. The molecule has 1 aromatic rings. The number of unbranched alkanes of at least 4 members (excludes halogenated alkanes) is 1. The van der Waals surface area contributed by atoms with E-state index < -0.39 is 0 Å². The van der Waals surface area contributed by atoms with Crippen molar-refractivity contribution in [2.75, 3.05) is 0 Å². The highest BCUT2D eigenvalue weighted by atomic mass is 16.1. The summed E-state index contributed by atoms with van der Waals surface area (Å²) in [5, 5.41) is 0. The highest BCUT2D eigenvalue weighted by Crippen LogP contribution is 2.18. The minimum Gasteiger partial charge on any atom is -0.300 e. The number of ketones is 1. The topological polar surface area (TPSA) is 17.1 Å². The van der Waals surface area contributed by atoms with Crippen LogP contribution < -0.4 is 0 Å². The lowest BCUT2D eigenvalue weighted by Gasteiger charge is -2.11. The summed E-state index contributed by atoms with van der Waals surface area (Å²) in [5.74, 6) is 0.813. The number of hydrogen-bond donors (Lipinski definition) is 0. The molecule has 0 aliphatic heterocycles. The van der Waals surface area contributed by atoms with Crippen LogP contribution in [0.3, 0.4) is 0 Å². The first kappa shape index (κ1) is 24.1. The van der Waals surface area contributed by atoms with Crippen molar-refractivity contribution in [1.82, 2.24) is 0 Å². The van der Waals surface area contributed by atoms with Crippen molar-refractivity contribution in [3.8, 4) is 0 Å². The zero-order chi connectivity index (χ0) is 18.3. The average Bonchev–Trinajstić information content (AvgIpc) is 2.48. The molecule has 0 amide bonds. The summed E-state index contributed by atoms with van der Waals surface area (Å²) in [7, 11) is 0. The molecule has 0 unspecified atom stereocenters. The molecule has 1 nitrogen and oxygen atoms in total. The van der Waals surface area contributed by atoms with Crippen molar-refractivity contribution >= 4 is 5.78 Å². The van der Waals surface area contributed by atoms with Gasteiger partial charge in [-0.2, -0.15) is 0 Å². The van der Waals surface area contributed by atoms with Gasteiger partial charge in [-0.3, -0.25) is 0 Å². The van der Waals surface area contributed by atoms with E-state index in [1.807, 2.05) is 27.7 Å². The summed E-state index contributed by atoms with van der Waals surface area (Å²) in [5.41, 5.74) is 4.65. The molecule has 1 rings (SSSR count). The number of rotatable bonds is 7. The Balaban J connectivity index is 0. The first-order valence-electron chi connectivity index (χ1n) is 9.49. The summed E-state index contributed by atoms with van der Waals surface area (Å²) >= 11 is 0. The molecule has 0 saturated carbocycles. The highest BCUT2D eigenvalue weighted by molar-refractivity contribution is 5.75. The standard InChI is InChI=1S/C14H22.C6H12O.C2H6/c1-4-6-11-14-12(3)9-7-10-13(14)8-5-2;1-5(2)4-6(3)7;1-2/h7,9-10H,4-6,8,11H2,1-3H3;5H,4H2,1-3H3;1-2H3. The average molecular weight is 321 g/mol. The molecule has 0 fully saturated rings. The van der Waals surface area contributed by atoms with Crippen LogP contribution in [0.15, 0.2) is 18.2 Å². The summed E-state index contributed by atoms with van der Waals surface area (Å²) in [6.45, 7) is 16.5. The smallest absolute Gasteiger partial charge is 0.130 e. The van der Waals surface area contributed by atoms with E-state index >= 15 is 0 Å². The van der Waals surface area contributed by atoms with Crippen LogP contribution in [-0.2, 0) is 17.6 Å². The molecule has 0 atom stereocenters. The van der Waals surface area contributed by atoms with E-state index in [1.54, 1.807) is 18.1 Å². The molecule has 0 radical (unpaired) electrons. The predicted molar refractivity (Wildman–Crippen MR) is 105 cm³/mol. The molecule has 134 valence electrons. The Morgan fingerprint density at radius 2 is 1.65 bits per heavy atom. The molecule has 0 aliphatic rings. The number of Topliss-reactive ketones (excluding diaryl/α,β-unsaturated/α-hetero) is 1. The zero-order valence-corrected chi connectivity index (χ0v) is 17.0. The quantitative estimate of drug-likeness (QED) is 0.532. The van der Waals surface area contributed by atoms with Gasteiger partial charge in [-0.1, -0.05) is 72.6 Å². The number of hydrogen-bond acceptors (Lipinski definition) is 1. The number of benzene rings is 1. The second kappa shape index (κ2) is 15.8. The Kier molecular flexibility index (Phi) is 16.6. The van der Waals surface area contributed by atoms with Gasteiger partial charge in [0, 0.05) is 6.42 Å². The molecule has 0 aromatic heterocycles. The van der Waals surface area contributed by atoms with Gasteiger partial charge in [0.25, 0.3) is 0 Å². The maximum Gasteiger partial charge on any atom is 0.130 e. The molecule has 0 saturated heterocycles. The minimum atomic E-state index is 0.287. The van der Waals surface area contributed by atoms with Gasteiger partial charge in [-0.25, -0.2) is 0 Å². The van der Waals surface area contributed by atoms with E-state index in [4.69, 9.17) is 0 Å². The Morgan fingerprint density at radius 3 is 2.04 bits per heavy atom. The lowest BCUT2D eigenvalue weighted by atomic mass is 9.95. The van der Waals surface area contributed by atoms with E-state index in [-0.39, 0.29) is 5.78 Å². The molecule has 23 heavy (non-hydrogen) atoms. The van der Waals surface area contributed by atoms with E-state index in [0.717, 1.165) is 6.42 Å². The Morgan fingerprint density at radius 1 is 1.04 bits per heavy atom. The van der Waals surface area contributed by atoms with E-state index in [0.29, 0.717) is 5.92 Å². The van der Waals surface area contributed by atoms with Crippen molar-refractivity contribution in [3.05, 3.63) is 34.9 Å². The molecule has 1 heteroatoms. The van der Waals surface area contributed by atoms with Gasteiger partial charge < -0.3 is 4.79 Å². The maximum absolute atomic E-state index is 10.3. The molecule has 1 aromatic carbocycles. The van der Waals surface area contributed by atoms with Crippen LogP contribution >= 0.6 is 0 Å². The number of carbonyl (C=O) groups excluding carboxylic acids is 1. The van der Waals surface area contributed by atoms with Crippen molar-refractivity contribution in [2.45, 2.75) is 93.9 Å². The van der Waals surface area contributed by atoms with Crippen LogP contribution in [0.2, 0.25) is 0 Å². The molecule has 0 aliphatic carbocycles. The van der Waals surface area contributed by atoms with Gasteiger partial charge >= 0.3 is 0 Å². The van der Waals surface area contributed by atoms with Gasteiger partial charge in [0.05, 0.1) is 0 Å². The van der Waals surface area contributed by atoms with Crippen molar-refractivity contribution in [1.29, 1.82) is 0 Å². The fraction of sp³-hybridized carbons (Fsp3) is 0.682. The normalized spacial score (nSPS) is 9.61. The predicted octanol–water partition coefficient (Wildman–Crippen LogP) is 6.94. The lowest BCUT2D eigenvalue weighted by molar-refractivity contribution is -0.117. The van der Waals surface area contributed by atoms with Crippen LogP contribution in [0.5, 0.6) is 0 Å².